The molecule has 0 atom stereocenters. The predicted octanol–water partition coefficient (Wildman–Crippen LogP) is -5.05. The second kappa shape index (κ2) is 76.1. The topological polar surface area (TPSA) is 23.8 Å². The molecule has 0 aliphatic rings. The van der Waals surface area contributed by atoms with Crippen molar-refractivity contribution >= 4 is 17.0 Å². The van der Waals surface area contributed by atoms with Gasteiger partial charge in [0.15, 0.2) is 0 Å². The summed E-state index contributed by atoms with van der Waals surface area (Å²) in [6.07, 6.45) is 0. The summed E-state index contributed by atoms with van der Waals surface area (Å²) in [5, 5.41) is 6.50. The van der Waals surface area contributed by atoms with Crippen LogP contribution < -0.4 is 37.7 Å². The van der Waals surface area contributed by atoms with Crippen LogP contribution in [0.25, 0.3) is 0 Å². The maximum absolute atomic E-state index is 6.50. The Kier molecular flexibility index (Phi) is 605. The van der Waals surface area contributed by atoms with Crippen molar-refractivity contribution in [2.45, 2.75) is 0 Å². The van der Waals surface area contributed by atoms with Crippen LogP contribution in [0.15, 0.2) is 0 Å². The Morgan fingerprint density at radius 2 is 1.17 bits per heavy atom. The Labute approximate surface area is 85.8 Å². The van der Waals surface area contributed by atoms with Crippen LogP contribution in [0.1, 0.15) is 2.85 Å². The molecule has 6 heavy (non-hydrogen) atoms. The monoisotopic (exact) mass is 186 g/mol. The standard InChI is InChI=1S/CHN.BrH.Cu.2Li.2H/c1-2;;;;;;/h1H;1H;;;;;/q;;;2*+1;2*-1. The molecular weight excluding hydrogens is 183 g/mol. The molecule has 0 saturated heterocycles. The first kappa shape index (κ1) is 47.6. The van der Waals surface area contributed by atoms with Crippen molar-refractivity contribution in [3.05, 3.63) is 0 Å². The van der Waals surface area contributed by atoms with Crippen LogP contribution in [-0.4, -0.2) is 0 Å². The third kappa shape index (κ3) is 44.0. The van der Waals surface area contributed by atoms with Crippen molar-refractivity contribution in [3.8, 4) is 6.57 Å². The van der Waals surface area contributed by atoms with Gasteiger partial charge in [0.05, 0.1) is 0 Å². The first-order valence-electron chi connectivity index (χ1n) is 0.258. The molecule has 5 heteroatoms. The van der Waals surface area contributed by atoms with E-state index in [0.29, 0.717) is 0 Å². The molecule has 0 aliphatic heterocycles. The Bertz CT molecular complexity index is 24.8. The average molecular weight is 187 g/mol. The minimum Gasteiger partial charge on any atom is -1.00 e. The molecule has 33 valence electrons. The summed E-state index contributed by atoms with van der Waals surface area (Å²) in [7, 11) is 0. The van der Waals surface area contributed by atoms with E-state index >= 15 is 0 Å². The molecule has 0 heterocycles. The SMILES string of the molecule is Br.C#N.[Cu].[H-].[H-].[Li+].[Li+]. The Morgan fingerprint density at radius 3 is 1.17 bits per heavy atom. The van der Waals surface area contributed by atoms with Crippen molar-refractivity contribution < 1.29 is 57.6 Å². The van der Waals surface area contributed by atoms with Crippen molar-refractivity contribution in [2.75, 3.05) is 0 Å². The summed E-state index contributed by atoms with van der Waals surface area (Å²) < 4.78 is 0. The molecule has 0 aromatic heterocycles. The molecule has 0 saturated carbocycles. The predicted molar refractivity (Wildman–Crippen MR) is 19.2 cm³/mol. The van der Waals surface area contributed by atoms with E-state index < -0.39 is 0 Å². The average Bonchev–Trinajstić information content (AvgIpc) is 1.00. The van der Waals surface area contributed by atoms with Gasteiger partial charge in [0.25, 0.3) is 0 Å². The number of nitriles is 1. The van der Waals surface area contributed by atoms with Gasteiger partial charge in [0.2, 0.25) is 0 Å². The van der Waals surface area contributed by atoms with Crippen LogP contribution in [0.5, 0.6) is 0 Å². The zero-order valence-electron chi connectivity index (χ0n) is 5.73. The molecule has 0 fully saturated rings. The van der Waals surface area contributed by atoms with Crippen LogP contribution >= 0.6 is 17.0 Å². The Morgan fingerprint density at radius 1 is 1.17 bits per heavy atom. The summed E-state index contributed by atoms with van der Waals surface area (Å²) in [6, 6.07) is 0. The minimum absolute atomic E-state index is 0. The van der Waals surface area contributed by atoms with E-state index in [1.807, 2.05) is 0 Å². The number of rotatable bonds is 0. The zero-order valence-corrected chi connectivity index (χ0v) is 6.39. The van der Waals surface area contributed by atoms with Gasteiger partial charge >= 0.3 is 37.7 Å². The van der Waals surface area contributed by atoms with E-state index in [2.05, 4.69) is 6.57 Å². The molecule has 0 aliphatic carbocycles. The van der Waals surface area contributed by atoms with Crippen LogP contribution in [0, 0.1) is 11.8 Å². The number of hydrogen-bond donors (Lipinski definition) is 0. The molecule has 0 aromatic carbocycles. The van der Waals surface area contributed by atoms with E-state index in [-0.39, 0.29) is 74.6 Å². The van der Waals surface area contributed by atoms with E-state index in [9.17, 15) is 0 Å². The van der Waals surface area contributed by atoms with E-state index in [1.54, 1.807) is 0 Å². The van der Waals surface area contributed by atoms with Crippen LogP contribution in [0.3, 0.4) is 0 Å². The van der Waals surface area contributed by atoms with Gasteiger partial charge in [-0.3, -0.25) is 0 Å². The van der Waals surface area contributed by atoms with E-state index in [0.717, 1.165) is 0 Å². The zero-order chi connectivity index (χ0) is 2.00. The van der Waals surface area contributed by atoms with Gasteiger partial charge in [-0.15, -0.1) is 17.0 Å². The van der Waals surface area contributed by atoms with Crippen molar-refractivity contribution in [3.63, 3.8) is 0 Å². The quantitative estimate of drug-likeness (QED) is 0.348. The molecule has 0 N–H and O–H groups in total. The van der Waals surface area contributed by atoms with Crippen molar-refractivity contribution in [1.82, 2.24) is 0 Å². The molecule has 0 unspecified atom stereocenters. The van der Waals surface area contributed by atoms with Gasteiger partial charge in [-0.05, 0) is 0 Å². The fraction of sp³-hybridized carbons (Fsp3) is 0. The second-order valence-corrected chi connectivity index (χ2v) is 0. The smallest absolute Gasteiger partial charge is 1.00 e. The van der Waals surface area contributed by atoms with Crippen LogP contribution in [0.2, 0.25) is 0 Å². The van der Waals surface area contributed by atoms with Crippen LogP contribution in [0.4, 0.5) is 0 Å². The summed E-state index contributed by atoms with van der Waals surface area (Å²) in [5.41, 5.74) is 0. The van der Waals surface area contributed by atoms with Gasteiger partial charge in [-0.25, -0.2) is 5.26 Å². The summed E-state index contributed by atoms with van der Waals surface area (Å²) in [6.45, 7) is 3.50. The maximum atomic E-state index is 6.50. The van der Waals surface area contributed by atoms with Crippen LogP contribution in [-0.2, 0) is 17.1 Å². The van der Waals surface area contributed by atoms with Gasteiger partial charge in [-0.1, -0.05) is 0 Å². The van der Waals surface area contributed by atoms with Crippen molar-refractivity contribution in [1.29, 1.82) is 5.26 Å². The Balaban J connectivity index is -0.000000000333. The normalized spacial score (nSPS) is 0.333. The molecule has 0 rings (SSSR count). The largest absolute Gasteiger partial charge is 1.00 e. The second-order valence-electron chi connectivity index (χ2n) is 0. The maximum Gasteiger partial charge on any atom is 1.00 e. The van der Waals surface area contributed by atoms with Crippen molar-refractivity contribution in [2.24, 2.45) is 0 Å². The molecule has 0 spiro atoms. The minimum atomic E-state index is 0. The number of hydrogen-bond acceptors (Lipinski definition) is 1. The number of halogens is 1. The third-order valence-electron chi connectivity index (χ3n) is 0. The molecule has 1 nitrogen and oxygen atoms in total. The van der Waals surface area contributed by atoms with E-state index in [1.165, 1.54) is 0 Å². The summed E-state index contributed by atoms with van der Waals surface area (Å²) in [4.78, 5) is 0. The first-order chi connectivity index (χ1) is 1.00. The molecule has 1 radical (unpaired) electrons. The fourth-order valence-electron chi connectivity index (χ4n) is 0. The van der Waals surface area contributed by atoms with Gasteiger partial charge in [-0.2, -0.15) is 0 Å². The van der Waals surface area contributed by atoms with E-state index in [4.69, 9.17) is 5.26 Å². The summed E-state index contributed by atoms with van der Waals surface area (Å²) >= 11 is 0. The summed E-state index contributed by atoms with van der Waals surface area (Å²) in [5.74, 6) is 0. The molecule has 0 aromatic rings. The van der Waals surface area contributed by atoms with Gasteiger partial charge in [0, 0.05) is 23.6 Å². The first-order valence-corrected chi connectivity index (χ1v) is 0.258. The molecular formula is CH4BrCuLi2N. The fourth-order valence-corrected chi connectivity index (χ4v) is 0. The number of nitrogens with zero attached hydrogens (tertiary/aromatic N) is 1. The van der Waals surface area contributed by atoms with Gasteiger partial charge < -0.3 is 2.85 Å². The molecule has 0 amide bonds. The molecule has 0 bridgehead atoms. The van der Waals surface area contributed by atoms with Gasteiger partial charge in [0.1, 0.15) is 0 Å². The third-order valence-corrected chi connectivity index (χ3v) is 0. The Hall–Kier alpha value is 1.68.